The molecule has 4 nitrogen and oxygen atoms in total. The summed E-state index contributed by atoms with van der Waals surface area (Å²) < 4.78 is 0. The minimum atomic E-state index is -0.383. The van der Waals surface area contributed by atoms with E-state index in [1.807, 2.05) is 6.07 Å². The van der Waals surface area contributed by atoms with Crippen LogP contribution in [0.25, 0.3) is 6.08 Å². The third kappa shape index (κ3) is 3.14. The van der Waals surface area contributed by atoms with Crippen molar-refractivity contribution in [2.45, 2.75) is 0 Å². The number of hydrogen-bond acceptors (Lipinski definition) is 4. The van der Waals surface area contributed by atoms with E-state index in [0.717, 1.165) is 22.2 Å². The van der Waals surface area contributed by atoms with Gasteiger partial charge in [-0.05, 0) is 53.7 Å². The molecule has 1 aliphatic heterocycles. The summed E-state index contributed by atoms with van der Waals surface area (Å²) in [5, 5.41) is 8.88. The van der Waals surface area contributed by atoms with Gasteiger partial charge in [0.15, 0.2) is 0 Å². The molecule has 1 saturated heterocycles. The van der Waals surface area contributed by atoms with Gasteiger partial charge < -0.3 is 0 Å². The van der Waals surface area contributed by atoms with Crippen molar-refractivity contribution in [1.29, 1.82) is 5.26 Å². The van der Waals surface area contributed by atoms with Crippen molar-refractivity contribution >= 4 is 46.3 Å². The average Bonchev–Trinajstić information content (AvgIpc) is 2.82. The Hall–Kier alpha value is -2.55. The first kappa shape index (κ1) is 15.3. The molecule has 0 bridgehead atoms. The van der Waals surface area contributed by atoms with E-state index in [1.54, 1.807) is 54.6 Å². The fourth-order valence-corrected chi connectivity index (χ4v) is 3.14. The molecular formula is C17H9ClN2O2S. The van der Waals surface area contributed by atoms with E-state index in [4.69, 9.17) is 16.9 Å². The van der Waals surface area contributed by atoms with Gasteiger partial charge >= 0.3 is 0 Å². The van der Waals surface area contributed by atoms with Gasteiger partial charge in [-0.25, -0.2) is 4.90 Å². The molecule has 3 rings (SSSR count). The van der Waals surface area contributed by atoms with E-state index in [9.17, 15) is 9.59 Å². The van der Waals surface area contributed by atoms with Gasteiger partial charge in [-0.15, -0.1) is 0 Å². The number of rotatable bonds is 2. The van der Waals surface area contributed by atoms with Crippen LogP contribution in [0.15, 0.2) is 53.4 Å². The van der Waals surface area contributed by atoms with Gasteiger partial charge in [-0.2, -0.15) is 5.26 Å². The normalized spacial score (nSPS) is 16.0. The number of nitrogens with zero attached hydrogens (tertiary/aromatic N) is 2. The standard InChI is InChI=1S/C17H9ClN2O2S/c18-13-2-1-3-14(9-13)20-16(21)15(23-17(20)22)8-11-4-6-12(10-19)7-5-11/h1-9H/b15-8+. The van der Waals surface area contributed by atoms with Crippen LogP contribution in [0.3, 0.4) is 0 Å². The minimum Gasteiger partial charge on any atom is -0.268 e. The molecule has 0 aromatic heterocycles. The number of amides is 2. The van der Waals surface area contributed by atoms with E-state index in [-0.39, 0.29) is 11.1 Å². The number of nitriles is 1. The van der Waals surface area contributed by atoms with Gasteiger partial charge in [0, 0.05) is 5.02 Å². The molecule has 1 heterocycles. The van der Waals surface area contributed by atoms with Gasteiger partial charge in [0.05, 0.1) is 22.2 Å². The quantitative estimate of drug-likeness (QED) is 0.757. The zero-order chi connectivity index (χ0) is 16.4. The molecule has 0 N–H and O–H groups in total. The predicted molar refractivity (Wildman–Crippen MR) is 91.1 cm³/mol. The second-order valence-electron chi connectivity index (χ2n) is 4.73. The third-order valence-electron chi connectivity index (χ3n) is 3.20. The zero-order valence-corrected chi connectivity index (χ0v) is 13.3. The predicted octanol–water partition coefficient (Wildman–Crippen LogP) is 4.45. The van der Waals surface area contributed by atoms with Gasteiger partial charge in [0.25, 0.3) is 11.1 Å². The van der Waals surface area contributed by atoms with E-state index in [0.29, 0.717) is 21.2 Å². The Bertz CT molecular complexity index is 869. The second-order valence-corrected chi connectivity index (χ2v) is 6.16. The highest BCUT2D eigenvalue weighted by molar-refractivity contribution is 8.19. The highest BCUT2D eigenvalue weighted by Gasteiger charge is 2.36. The molecule has 1 fully saturated rings. The molecule has 23 heavy (non-hydrogen) atoms. The smallest absolute Gasteiger partial charge is 0.268 e. The number of thioether (sulfide) groups is 1. The fourth-order valence-electron chi connectivity index (χ4n) is 2.11. The number of anilines is 1. The van der Waals surface area contributed by atoms with E-state index < -0.39 is 0 Å². The van der Waals surface area contributed by atoms with Crippen LogP contribution in [-0.2, 0) is 4.79 Å². The highest BCUT2D eigenvalue weighted by Crippen LogP contribution is 2.36. The molecule has 1 aliphatic rings. The maximum Gasteiger partial charge on any atom is 0.298 e. The van der Waals surface area contributed by atoms with Crippen LogP contribution >= 0.6 is 23.4 Å². The van der Waals surface area contributed by atoms with Crippen LogP contribution in [0.1, 0.15) is 11.1 Å². The van der Waals surface area contributed by atoms with Crippen LogP contribution < -0.4 is 4.90 Å². The molecule has 0 saturated carbocycles. The molecule has 2 aromatic rings. The first-order chi connectivity index (χ1) is 11.1. The average molecular weight is 341 g/mol. The summed E-state index contributed by atoms with van der Waals surface area (Å²) in [6.07, 6.45) is 1.64. The molecule has 112 valence electrons. The van der Waals surface area contributed by atoms with Crippen LogP contribution in [0.5, 0.6) is 0 Å². The summed E-state index contributed by atoms with van der Waals surface area (Å²) >= 11 is 6.79. The number of imide groups is 1. The number of hydrogen-bond donors (Lipinski definition) is 0. The molecule has 0 spiro atoms. The molecule has 0 radical (unpaired) electrons. The van der Waals surface area contributed by atoms with Crippen molar-refractivity contribution in [1.82, 2.24) is 0 Å². The summed E-state index contributed by atoms with van der Waals surface area (Å²) in [6.45, 7) is 0. The first-order valence-electron chi connectivity index (χ1n) is 6.62. The number of halogens is 1. The maximum absolute atomic E-state index is 12.5. The molecular weight excluding hydrogens is 332 g/mol. The molecule has 2 aromatic carbocycles. The second kappa shape index (κ2) is 6.29. The van der Waals surface area contributed by atoms with Crippen molar-refractivity contribution in [3.05, 3.63) is 69.6 Å². The van der Waals surface area contributed by atoms with Gasteiger partial charge in [-0.1, -0.05) is 29.8 Å². The molecule has 0 aliphatic carbocycles. The Labute approximate surface area is 142 Å². The Morgan fingerprint density at radius 3 is 2.52 bits per heavy atom. The Kier molecular flexibility index (Phi) is 4.20. The van der Waals surface area contributed by atoms with Gasteiger partial charge in [0.1, 0.15) is 0 Å². The lowest BCUT2D eigenvalue weighted by Crippen LogP contribution is -2.27. The lowest BCUT2D eigenvalue weighted by molar-refractivity contribution is -0.113. The number of carbonyl (C=O) groups is 2. The van der Waals surface area contributed by atoms with Gasteiger partial charge in [0.2, 0.25) is 0 Å². The minimum absolute atomic E-state index is 0.333. The summed E-state index contributed by atoms with van der Waals surface area (Å²) in [5.74, 6) is -0.383. The molecule has 0 unspecified atom stereocenters. The number of benzene rings is 2. The molecule has 2 amide bonds. The zero-order valence-electron chi connectivity index (χ0n) is 11.7. The van der Waals surface area contributed by atoms with Crippen LogP contribution in [0, 0.1) is 11.3 Å². The van der Waals surface area contributed by atoms with Crippen molar-refractivity contribution in [3.63, 3.8) is 0 Å². The van der Waals surface area contributed by atoms with Crippen LogP contribution in [0.4, 0.5) is 10.5 Å². The van der Waals surface area contributed by atoms with Crippen molar-refractivity contribution in [2.24, 2.45) is 0 Å². The lowest BCUT2D eigenvalue weighted by Gasteiger charge is -2.12. The maximum atomic E-state index is 12.5. The molecule has 6 heteroatoms. The summed E-state index contributed by atoms with van der Waals surface area (Å²) in [4.78, 5) is 26.1. The van der Waals surface area contributed by atoms with Crippen molar-refractivity contribution < 1.29 is 9.59 Å². The lowest BCUT2D eigenvalue weighted by atomic mass is 10.1. The number of carbonyl (C=O) groups excluding carboxylic acids is 2. The Morgan fingerprint density at radius 2 is 1.87 bits per heavy atom. The van der Waals surface area contributed by atoms with E-state index >= 15 is 0 Å². The Balaban J connectivity index is 1.91. The largest absolute Gasteiger partial charge is 0.298 e. The third-order valence-corrected chi connectivity index (χ3v) is 4.30. The van der Waals surface area contributed by atoms with E-state index in [2.05, 4.69) is 0 Å². The van der Waals surface area contributed by atoms with Gasteiger partial charge in [-0.3, -0.25) is 9.59 Å². The summed E-state index contributed by atoms with van der Waals surface area (Å²) in [7, 11) is 0. The van der Waals surface area contributed by atoms with Crippen molar-refractivity contribution in [2.75, 3.05) is 4.90 Å². The first-order valence-corrected chi connectivity index (χ1v) is 7.81. The van der Waals surface area contributed by atoms with Crippen molar-refractivity contribution in [3.8, 4) is 6.07 Å². The Morgan fingerprint density at radius 1 is 1.13 bits per heavy atom. The SMILES string of the molecule is N#Cc1ccc(/C=C2/SC(=O)N(c3cccc(Cl)c3)C2=O)cc1. The highest BCUT2D eigenvalue weighted by atomic mass is 35.5. The summed E-state index contributed by atoms with van der Waals surface area (Å²) in [5.41, 5.74) is 1.73. The topological polar surface area (TPSA) is 61.2 Å². The van der Waals surface area contributed by atoms with Crippen LogP contribution in [0.2, 0.25) is 5.02 Å². The summed E-state index contributed by atoms with van der Waals surface area (Å²) in [6, 6.07) is 15.4. The fraction of sp³-hybridized carbons (Fsp3) is 0. The van der Waals surface area contributed by atoms with E-state index in [1.165, 1.54) is 0 Å². The van der Waals surface area contributed by atoms with Crippen LogP contribution in [-0.4, -0.2) is 11.1 Å². The monoisotopic (exact) mass is 340 g/mol. The molecule has 0 atom stereocenters.